The molecule has 1 rings (SSSR count). The van der Waals surface area contributed by atoms with Crippen molar-refractivity contribution in [3.05, 3.63) is 29.3 Å². The first-order valence-electron chi connectivity index (χ1n) is 6.38. The Kier molecular flexibility index (Phi) is 4.95. The zero-order valence-corrected chi connectivity index (χ0v) is 12.3. The predicted molar refractivity (Wildman–Crippen MR) is 75.2 cm³/mol. The van der Waals surface area contributed by atoms with Crippen molar-refractivity contribution in [3.63, 3.8) is 0 Å². The van der Waals surface area contributed by atoms with E-state index in [0.29, 0.717) is 6.42 Å². The SMILES string of the molecule is COC(=O)C(C)(N)CC(C)Oc1cccc(C)c1C. The van der Waals surface area contributed by atoms with Gasteiger partial charge in [-0.25, -0.2) is 0 Å². The Hall–Kier alpha value is -1.55. The molecule has 1 aromatic rings. The summed E-state index contributed by atoms with van der Waals surface area (Å²) in [6, 6.07) is 5.91. The molecule has 0 amide bonds. The fraction of sp³-hybridized carbons (Fsp3) is 0.533. The van der Waals surface area contributed by atoms with E-state index >= 15 is 0 Å². The molecule has 0 radical (unpaired) electrons. The summed E-state index contributed by atoms with van der Waals surface area (Å²) in [5, 5.41) is 0. The number of nitrogens with two attached hydrogens (primary N) is 1. The van der Waals surface area contributed by atoms with Gasteiger partial charge in [0.1, 0.15) is 11.3 Å². The summed E-state index contributed by atoms with van der Waals surface area (Å²) in [4.78, 5) is 11.5. The summed E-state index contributed by atoms with van der Waals surface area (Å²) in [6.45, 7) is 7.60. The highest BCUT2D eigenvalue weighted by Gasteiger charge is 2.32. The Morgan fingerprint density at radius 3 is 2.63 bits per heavy atom. The lowest BCUT2D eigenvalue weighted by Crippen LogP contribution is -2.48. The molecule has 2 N–H and O–H groups in total. The molecule has 0 saturated carbocycles. The quantitative estimate of drug-likeness (QED) is 0.830. The van der Waals surface area contributed by atoms with Crippen LogP contribution in [0.3, 0.4) is 0 Å². The lowest BCUT2D eigenvalue weighted by molar-refractivity contribution is -0.147. The molecular formula is C15H23NO3. The maximum absolute atomic E-state index is 11.5. The third-order valence-electron chi connectivity index (χ3n) is 3.25. The third kappa shape index (κ3) is 3.96. The zero-order chi connectivity index (χ0) is 14.6. The normalized spacial score (nSPS) is 15.5. The second kappa shape index (κ2) is 6.06. The Morgan fingerprint density at radius 1 is 1.42 bits per heavy atom. The van der Waals surface area contributed by atoms with E-state index in [-0.39, 0.29) is 6.10 Å². The first-order valence-corrected chi connectivity index (χ1v) is 6.38. The molecule has 0 aliphatic rings. The van der Waals surface area contributed by atoms with Crippen LogP contribution in [0, 0.1) is 13.8 Å². The minimum absolute atomic E-state index is 0.172. The van der Waals surface area contributed by atoms with Gasteiger partial charge < -0.3 is 15.2 Å². The van der Waals surface area contributed by atoms with E-state index in [4.69, 9.17) is 10.5 Å². The number of carbonyl (C=O) groups excluding carboxylic acids is 1. The molecule has 2 unspecified atom stereocenters. The molecule has 4 nitrogen and oxygen atoms in total. The molecule has 0 fully saturated rings. The summed E-state index contributed by atoms with van der Waals surface area (Å²) < 4.78 is 10.6. The lowest BCUT2D eigenvalue weighted by Gasteiger charge is -2.26. The fourth-order valence-electron chi connectivity index (χ4n) is 2.02. The molecule has 4 heteroatoms. The molecule has 0 spiro atoms. The zero-order valence-electron chi connectivity index (χ0n) is 12.3. The number of hydrogen-bond donors (Lipinski definition) is 1. The van der Waals surface area contributed by atoms with Crippen LogP contribution in [0.4, 0.5) is 0 Å². The molecule has 19 heavy (non-hydrogen) atoms. The number of carbonyl (C=O) groups is 1. The lowest BCUT2D eigenvalue weighted by atomic mass is 9.96. The Bertz CT molecular complexity index is 455. The van der Waals surface area contributed by atoms with Gasteiger partial charge in [-0.2, -0.15) is 0 Å². The highest BCUT2D eigenvalue weighted by molar-refractivity contribution is 5.79. The van der Waals surface area contributed by atoms with Crippen LogP contribution >= 0.6 is 0 Å². The smallest absolute Gasteiger partial charge is 0.325 e. The number of aryl methyl sites for hydroxylation is 1. The van der Waals surface area contributed by atoms with Crippen LogP contribution in [0.1, 0.15) is 31.4 Å². The summed E-state index contributed by atoms with van der Waals surface area (Å²) in [5.41, 5.74) is 7.18. The number of benzene rings is 1. The molecule has 0 aliphatic heterocycles. The highest BCUT2D eigenvalue weighted by atomic mass is 16.5. The van der Waals surface area contributed by atoms with Crippen molar-refractivity contribution in [3.8, 4) is 5.75 Å². The molecular weight excluding hydrogens is 242 g/mol. The second-order valence-electron chi connectivity index (χ2n) is 5.24. The van der Waals surface area contributed by atoms with Crippen molar-refractivity contribution >= 4 is 5.97 Å². The van der Waals surface area contributed by atoms with Crippen molar-refractivity contribution in [1.82, 2.24) is 0 Å². The fourth-order valence-corrected chi connectivity index (χ4v) is 2.02. The van der Waals surface area contributed by atoms with Crippen LogP contribution in [0.25, 0.3) is 0 Å². The van der Waals surface area contributed by atoms with Gasteiger partial charge >= 0.3 is 5.97 Å². The van der Waals surface area contributed by atoms with Crippen LogP contribution in [-0.2, 0) is 9.53 Å². The number of ether oxygens (including phenoxy) is 2. The van der Waals surface area contributed by atoms with E-state index < -0.39 is 11.5 Å². The minimum Gasteiger partial charge on any atom is -0.490 e. The Balaban J connectivity index is 2.73. The molecule has 0 aliphatic carbocycles. The van der Waals surface area contributed by atoms with Gasteiger partial charge in [-0.05, 0) is 44.9 Å². The van der Waals surface area contributed by atoms with Gasteiger partial charge in [0.25, 0.3) is 0 Å². The first kappa shape index (κ1) is 15.5. The van der Waals surface area contributed by atoms with Crippen LogP contribution in [-0.4, -0.2) is 24.7 Å². The number of hydrogen-bond acceptors (Lipinski definition) is 4. The van der Waals surface area contributed by atoms with Crippen molar-refractivity contribution in [1.29, 1.82) is 0 Å². The molecule has 106 valence electrons. The van der Waals surface area contributed by atoms with E-state index in [0.717, 1.165) is 11.3 Å². The average molecular weight is 265 g/mol. The summed E-state index contributed by atoms with van der Waals surface area (Å²) in [7, 11) is 1.34. The minimum atomic E-state index is -1.04. The van der Waals surface area contributed by atoms with Gasteiger partial charge in [-0.1, -0.05) is 12.1 Å². The Labute approximate surface area is 114 Å². The molecule has 0 aromatic heterocycles. The highest BCUT2D eigenvalue weighted by Crippen LogP contribution is 2.23. The molecule has 1 aromatic carbocycles. The number of methoxy groups -OCH3 is 1. The third-order valence-corrected chi connectivity index (χ3v) is 3.25. The van der Waals surface area contributed by atoms with Crippen molar-refractivity contribution < 1.29 is 14.3 Å². The van der Waals surface area contributed by atoms with Crippen molar-refractivity contribution in [2.75, 3.05) is 7.11 Å². The molecule has 0 saturated heterocycles. The molecule has 0 bridgehead atoms. The standard InChI is InChI=1S/C15H23NO3/c1-10-7-6-8-13(12(10)3)19-11(2)9-15(4,16)14(17)18-5/h6-8,11H,9,16H2,1-5H3. The Morgan fingerprint density at radius 2 is 2.05 bits per heavy atom. The van der Waals surface area contributed by atoms with E-state index in [1.165, 1.54) is 12.7 Å². The van der Waals surface area contributed by atoms with E-state index in [1.54, 1.807) is 6.92 Å². The monoisotopic (exact) mass is 265 g/mol. The maximum atomic E-state index is 11.5. The molecule has 2 atom stereocenters. The van der Waals surface area contributed by atoms with E-state index in [9.17, 15) is 4.79 Å². The van der Waals surface area contributed by atoms with E-state index in [1.807, 2.05) is 39.0 Å². The number of esters is 1. The van der Waals surface area contributed by atoms with Gasteiger partial charge in [0, 0.05) is 6.42 Å². The van der Waals surface area contributed by atoms with Crippen LogP contribution in [0.5, 0.6) is 5.75 Å². The van der Waals surface area contributed by atoms with Crippen LogP contribution in [0.15, 0.2) is 18.2 Å². The van der Waals surface area contributed by atoms with Crippen molar-refractivity contribution in [2.24, 2.45) is 5.73 Å². The summed E-state index contributed by atoms with van der Waals surface area (Å²) in [5.74, 6) is 0.400. The first-order chi connectivity index (χ1) is 8.77. The molecule has 0 heterocycles. The van der Waals surface area contributed by atoms with Gasteiger partial charge in [0.2, 0.25) is 0 Å². The van der Waals surface area contributed by atoms with Gasteiger partial charge in [0.05, 0.1) is 13.2 Å². The largest absolute Gasteiger partial charge is 0.490 e. The van der Waals surface area contributed by atoms with Crippen LogP contribution in [0.2, 0.25) is 0 Å². The van der Waals surface area contributed by atoms with Crippen molar-refractivity contribution in [2.45, 2.75) is 45.8 Å². The van der Waals surface area contributed by atoms with Gasteiger partial charge in [-0.15, -0.1) is 0 Å². The summed E-state index contributed by atoms with van der Waals surface area (Å²) >= 11 is 0. The van der Waals surface area contributed by atoms with Gasteiger partial charge in [-0.3, -0.25) is 4.79 Å². The average Bonchev–Trinajstić information content (AvgIpc) is 2.33. The van der Waals surface area contributed by atoms with E-state index in [2.05, 4.69) is 4.74 Å². The predicted octanol–water partition coefficient (Wildman–Crippen LogP) is 2.35. The number of rotatable bonds is 5. The summed E-state index contributed by atoms with van der Waals surface area (Å²) in [6.07, 6.45) is 0.224. The second-order valence-corrected chi connectivity index (χ2v) is 5.24. The topological polar surface area (TPSA) is 61.5 Å². The maximum Gasteiger partial charge on any atom is 0.325 e. The van der Waals surface area contributed by atoms with Gasteiger partial charge in [0.15, 0.2) is 0 Å². The van der Waals surface area contributed by atoms with Crippen LogP contribution < -0.4 is 10.5 Å².